The van der Waals surface area contributed by atoms with Crippen molar-refractivity contribution in [2.24, 2.45) is 5.10 Å². The predicted octanol–water partition coefficient (Wildman–Crippen LogP) is 4.31. The fourth-order valence-corrected chi connectivity index (χ4v) is 5.42. The van der Waals surface area contributed by atoms with Crippen molar-refractivity contribution >= 4 is 46.5 Å². The molecule has 0 radical (unpaired) electrons. The van der Waals surface area contributed by atoms with Gasteiger partial charge in [0.25, 0.3) is 5.69 Å². The Labute approximate surface area is 289 Å². The molecule has 16 heteroatoms. The molecule has 0 unspecified atom stereocenters. The van der Waals surface area contributed by atoms with Gasteiger partial charge in [0.1, 0.15) is 13.2 Å². The molecule has 0 aliphatic carbocycles. The molecule has 254 valence electrons. The van der Waals surface area contributed by atoms with Crippen molar-refractivity contribution in [3.05, 3.63) is 96.2 Å². The summed E-state index contributed by atoms with van der Waals surface area (Å²) in [5.41, 5.74) is 5.21. The van der Waals surface area contributed by atoms with E-state index in [9.17, 15) is 24.8 Å². The highest BCUT2D eigenvalue weighted by atomic mass is 127. The first-order valence-electron chi connectivity index (χ1n) is 14.5. The number of nitrogens with zero attached hydrogens (tertiary/aromatic N) is 2. The minimum Gasteiger partial charge on any atom is -0.493 e. The molecule has 4 N–H and O–H groups in total. The molecule has 1 aliphatic heterocycles. The molecule has 2 amide bonds. The number of methoxy groups -OCH3 is 2. The number of amides is 2. The molecule has 0 aromatic heterocycles. The van der Waals surface area contributed by atoms with Gasteiger partial charge < -0.3 is 39.4 Å². The standard InChI is InChI=1S/C32H34IN5O10/c1-5-46-25-14-21(29-28(31(40)45-4)18(2)35-32(41)36-29)8-11-24(25)47-17-27(39)37-34-15-20-12-23(33)30(26(13-20)44-3)48-16-19-6-9-22(10-7-19)38(42)43/h6-15,27,29,37,39H,5,16-17H2,1-4H3,(H2,35,36,41)/b34-15-/t27-,29-/m1/s1. The summed E-state index contributed by atoms with van der Waals surface area (Å²) in [5.74, 6) is 1.04. The number of nitro groups is 1. The highest BCUT2D eigenvalue weighted by Crippen LogP contribution is 2.36. The van der Waals surface area contributed by atoms with Crippen molar-refractivity contribution in [1.82, 2.24) is 16.1 Å². The number of nitro benzene ring substituents is 1. The van der Waals surface area contributed by atoms with Crippen molar-refractivity contribution in [3.8, 4) is 23.0 Å². The first-order chi connectivity index (χ1) is 23.0. The van der Waals surface area contributed by atoms with Gasteiger partial charge in [-0.2, -0.15) is 5.10 Å². The third-order valence-electron chi connectivity index (χ3n) is 6.89. The number of nitrogens with one attached hydrogen (secondary N) is 3. The van der Waals surface area contributed by atoms with E-state index in [2.05, 4.69) is 43.8 Å². The first-order valence-corrected chi connectivity index (χ1v) is 15.6. The summed E-state index contributed by atoms with van der Waals surface area (Å²) in [7, 11) is 2.77. The molecule has 0 spiro atoms. The average molecular weight is 776 g/mol. The fourth-order valence-electron chi connectivity index (χ4n) is 4.64. The molecule has 1 aliphatic rings. The van der Waals surface area contributed by atoms with Gasteiger partial charge in [0.15, 0.2) is 29.2 Å². The third kappa shape index (κ3) is 9.03. The van der Waals surface area contributed by atoms with Crippen molar-refractivity contribution in [3.63, 3.8) is 0 Å². The van der Waals surface area contributed by atoms with Crippen molar-refractivity contribution in [2.45, 2.75) is 32.7 Å². The summed E-state index contributed by atoms with van der Waals surface area (Å²) < 4.78 is 28.6. The number of hydrazone groups is 1. The number of urea groups is 1. The summed E-state index contributed by atoms with van der Waals surface area (Å²) in [4.78, 5) is 35.1. The molecule has 2 atom stereocenters. The maximum atomic E-state index is 12.5. The van der Waals surface area contributed by atoms with Crippen LogP contribution in [0.3, 0.4) is 0 Å². The lowest BCUT2D eigenvalue weighted by Gasteiger charge is -2.28. The van der Waals surface area contributed by atoms with Crippen LogP contribution < -0.4 is 35.0 Å². The summed E-state index contributed by atoms with van der Waals surface area (Å²) >= 11 is 2.10. The molecule has 48 heavy (non-hydrogen) atoms. The molecular formula is C32H34IN5O10. The van der Waals surface area contributed by atoms with E-state index in [0.29, 0.717) is 46.4 Å². The Morgan fingerprint density at radius 2 is 1.85 bits per heavy atom. The van der Waals surface area contributed by atoms with Crippen molar-refractivity contribution < 1.29 is 43.3 Å². The van der Waals surface area contributed by atoms with Gasteiger partial charge in [-0.1, -0.05) is 6.07 Å². The quantitative estimate of drug-likeness (QED) is 0.0430. The lowest BCUT2D eigenvalue weighted by molar-refractivity contribution is -0.384. The summed E-state index contributed by atoms with van der Waals surface area (Å²) in [6.07, 6.45) is 0.303. The number of rotatable bonds is 15. The third-order valence-corrected chi connectivity index (χ3v) is 7.69. The number of carbonyl (C=O) groups excluding carboxylic acids is 2. The van der Waals surface area contributed by atoms with Crippen LogP contribution in [0.2, 0.25) is 0 Å². The zero-order valence-corrected chi connectivity index (χ0v) is 28.6. The molecule has 4 rings (SSSR count). The van der Waals surface area contributed by atoms with Crippen molar-refractivity contribution in [2.75, 3.05) is 27.4 Å². The Bertz CT molecular complexity index is 1710. The number of allylic oxidation sites excluding steroid dienone is 1. The molecule has 0 saturated carbocycles. The number of hydrogen-bond donors (Lipinski definition) is 4. The van der Waals surface area contributed by atoms with E-state index in [1.807, 2.05) is 6.07 Å². The number of non-ortho nitro benzene ring substituents is 1. The van der Waals surface area contributed by atoms with Crippen LogP contribution in [-0.2, 0) is 16.1 Å². The Morgan fingerprint density at radius 1 is 1.10 bits per heavy atom. The number of esters is 1. The Hall–Kier alpha value is -5.10. The van der Waals surface area contributed by atoms with E-state index in [1.54, 1.807) is 50.2 Å². The van der Waals surface area contributed by atoms with Crippen LogP contribution in [0.1, 0.15) is 36.6 Å². The molecular weight excluding hydrogens is 741 g/mol. The molecule has 15 nitrogen and oxygen atoms in total. The molecule has 0 saturated heterocycles. The van der Waals surface area contributed by atoms with E-state index in [0.717, 1.165) is 9.13 Å². The van der Waals surface area contributed by atoms with Gasteiger partial charge in [0.2, 0.25) is 0 Å². The number of halogens is 1. The van der Waals surface area contributed by atoms with E-state index in [1.165, 1.54) is 32.6 Å². The molecule has 1 heterocycles. The van der Waals surface area contributed by atoms with Crippen LogP contribution in [0.5, 0.6) is 23.0 Å². The van der Waals surface area contributed by atoms with Gasteiger partial charge in [-0.3, -0.25) is 15.5 Å². The van der Waals surface area contributed by atoms with E-state index in [4.69, 9.17) is 23.7 Å². The van der Waals surface area contributed by atoms with Crippen LogP contribution in [0.25, 0.3) is 0 Å². The van der Waals surface area contributed by atoms with Gasteiger partial charge in [0.05, 0.1) is 47.1 Å². The fraction of sp³-hybridized carbons (Fsp3) is 0.281. The van der Waals surface area contributed by atoms with Gasteiger partial charge in [0, 0.05) is 17.8 Å². The number of ether oxygens (including phenoxy) is 5. The first kappa shape index (κ1) is 35.7. The molecule has 0 fully saturated rings. The SMILES string of the molecule is CCOc1cc([C@H]2NC(=O)NC(C)=C2C(=O)OC)ccc1OC[C@@H](O)N/N=C\c1cc(I)c(OCc2ccc([N+](=O)[O-])cc2)c(OC)c1. The zero-order valence-electron chi connectivity index (χ0n) is 26.4. The number of hydrogen-bond acceptors (Lipinski definition) is 12. The van der Waals surface area contributed by atoms with Crippen LogP contribution in [0.15, 0.2) is 71.0 Å². The van der Waals surface area contributed by atoms with Crippen LogP contribution in [0.4, 0.5) is 10.5 Å². The van der Waals surface area contributed by atoms with Crippen molar-refractivity contribution in [1.29, 1.82) is 0 Å². The lowest BCUT2D eigenvalue weighted by Crippen LogP contribution is -2.45. The molecule has 3 aromatic carbocycles. The Balaban J connectivity index is 1.38. The van der Waals surface area contributed by atoms with E-state index < -0.39 is 29.2 Å². The van der Waals surface area contributed by atoms with Crippen LogP contribution in [0, 0.1) is 13.7 Å². The lowest BCUT2D eigenvalue weighted by atomic mass is 9.95. The van der Waals surface area contributed by atoms with Gasteiger partial charge >= 0.3 is 12.0 Å². The topological polar surface area (TPSA) is 192 Å². The second-order valence-electron chi connectivity index (χ2n) is 10.2. The predicted molar refractivity (Wildman–Crippen MR) is 182 cm³/mol. The average Bonchev–Trinajstić information content (AvgIpc) is 3.06. The number of carbonyl (C=O) groups is 2. The molecule has 0 bridgehead atoms. The second-order valence-corrected chi connectivity index (χ2v) is 11.3. The smallest absolute Gasteiger partial charge is 0.337 e. The number of benzene rings is 3. The number of aliphatic hydroxyl groups is 1. The normalized spacial score (nSPS) is 14.9. The maximum absolute atomic E-state index is 12.5. The Morgan fingerprint density at radius 3 is 2.52 bits per heavy atom. The maximum Gasteiger partial charge on any atom is 0.337 e. The summed E-state index contributed by atoms with van der Waals surface area (Å²) in [6, 6.07) is 13.3. The van der Waals surface area contributed by atoms with E-state index in [-0.39, 0.29) is 24.5 Å². The van der Waals surface area contributed by atoms with E-state index >= 15 is 0 Å². The zero-order chi connectivity index (χ0) is 34.8. The van der Waals surface area contributed by atoms with Gasteiger partial charge in [-0.05, 0) is 89.5 Å². The molecule has 3 aromatic rings. The number of aliphatic hydroxyl groups excluding tert-OH is 1. The second kappa shape index (κ2) is 16.6. The monoisotopic (exact) mass is 775 g/mol. The van der Waals surface area contributed by atoms with Crippen LogP contribution >= 0.6 is 22.6 Å². The highest BCUT2D eigenvalue weighted by molar-refractivity contribution is 14.1. The van der Waals surface area contributed by atoms with Gasteiger partial charge in [-0.25, -0.2) is 9.59 Å². The summed E-state index contributed by atoms with van der Waals surface area (Å²) in [6.45, 7) is 3.71. The minimum absolute atomic E-state index is 0.00109. The summed E-state index contributed by atoms with van der Waals surface area (Å²) in [5, 5.41) is 30.8. The minimum atomic E-state index is -1.19. The highest BCUT2D eigenvalue weighted by Gasteiger charge is 2.32. The van der Waals surface area contributed by atoms with Gasteiger partial charge in [-0.15, -0.1) is 0 Å². The largest absolute Gasteiger partial charge is 0.493 e. The van der Waals surface area contributed by atoms with Crippen LogP contribution in [-0.4, -0.2) is 61.9 Å². The Kier molecular flexibility index (Phi) is 12.4.